The van der Waals surface area contributed by atoms with Crippen LogP contribution in [-0.4, -0.2) is 29.1 Å². The minimum absolute atomic E-state index is 0.0191. The number of fused-ring (bicyclic) bond motifs is 1. The molecule has 2 atom stereocenters. The molecule has 2 N–H and O–H groups in total. The van der Waals surface area contributed by atoms with Crippen molar-refractivity contribution in [2.24, 2.45) is 5.92 Å². The summed E-state index contributed by atoms with van der Waals surface area (Å²) in [4.78, 5) is 26.3. The highest BCUT2D eigenvalue weighted by Crippen LogP contribution is 2.38. The van der Waals surface area contributed by atoms with Gasteiger partial charge in [-0.15, -0.1) is 0 Å². The van der Waals surface area contributed by atoms with Crippen molar-refractivity contribution in [2.45, 2.75) is 12.5 Å². The number of aromatic nitrogens is 1. The Hall–Kier alpha value is -2.24. The van der Waals surface area contributed by atoms with Crippen molar-refractivity contribution in [3.8, 4) is 0 Å². The first-order valence-electron chi connectivity index (χ1n) is 5.65. The van der Waals surface area contributed by atoms with Crippen LogP contribution >= 0.6 is 0 Å². The highest BCUT2D eigenvalue weighted by atomic mass is 16.4. The number of rotatable bonds is 3. The van der Waals surface area contributed by atoms with Crippen molar-refractivity contribution in [1.29, 1.82) is 0 Å². The Morgan fingerprint density at radius 3 is 3.00 bits per heavy atom. The van der Waals surface area contributed by atoms with Gasteiger partial charge in [0.15, 0.2) is 5.58 Å². The molecule has 0 bridgehead atoms. The molecule has 1 aliphatic rings. The average molecular weight is 248 g/mol. The Balaban J connectivity index is 1.90. The van der Waals surface area contributed by atoms with Gasteiger partial charge in [-0.25, -0.2) is 4.79 Å². The summed E-state index contributed by atoms with van der Waals surface area (Å²) < 4.78 is 4.98. The number of aliphatic carboxylic acids is 1. The molecule has 1 fully saturated rings. The van der Waals surface area contributed by atoms with Gasteiger partial charge in [-0.2, -0.15) is 0 Å². The number of hydrogen-bond donors (Lipinski definition) is 2. The molecule has 0 aliphatic heterocycles. The quantitative estimate of drug-likeness (QED) is 0.847. The van der Waals surface area contributed by atoms with E-state index in [1.54, 1.807) is 12.1 Å². The van der Waals surface area contributed by atoms with Crippen molar-refractivity contribution >= 4 is 22.8 Å². The maximum Gasteiger partial charge on any atom is 0.417 e. The monoisotopic (exact) mass is 248 g/mol. The Labute approximate surface area is 102 Å². The molecule has 1 heterocycles. The third-order valence-corrected chi connectivity index (χ3v) is 3.38. The number of carboxylic acid groups (broad SMARTS) is 1. The van der Waals surface area contributed by atoms with Gasteiger partial charge < -0.3 is 14.4 Å². The lowest BCUT2D eigenvalue weighted by atomic mass is 10.2. The molecular formula is C12H12N2O4. The predicted octanol–water partition coefficient (Wildman–Crippen LogP) is 1.03. The van der Waals surface area contributed by atoms with Gasteiger partial charge in [-0.3, -0.25) is 9.78 Å². The van der Waals surface area contributed by atoms with E-state index < -0.39 is 11.7 Å². The van der Waals surface area contributed by atoms with E-state index in [9.17, 15) is 9.59 Å². The number of nitrogens with zero attached hydrogens (tertiary/aromatic N) is 1. The topological polar surface area (TPSA) is 86.5 Å². The van der Waals surface area contributed by atoms with Crippen LogP contribution in [0.5, 0.6) is 0 Å². The number of oxazole rings is 1. The number of carbonyl (C=O) groups is 1. The molecule has 1 saturated carbocycles. The van der Waals surface area contributed by atoms with Gasteiger partial charge in [0.2, 0.25) is 0 Å². The van der Waals surface area contributed by atoms with Crippen LogP contribution in [0.25, 0.3) is 11.1 Å². The van der Waals surface area contributed by atoms with Gasteiger partial charge in [-0.1, -0.05) is 0 Å². The lowest BCUT2D eigenvalue weighted by molar-refractivity contribution is -0.138. The number of anilines is 1. The fourth-order valence-electron chi connectivity index (χ4n) is 2.22. The zero-order valence-electron chi connectivity index (χ0n) is 9.71. The standard InChI is InChI=1S/C12H12N2O4/c1-14(9-5-7(9)11(15)16)6-2-3-8-10(4-6)18-12(17)13-8/h2-4,7,9H,5H2,1H3,(H,13,17)(H,15,16). The zero-order valence-corrected chi connectivity index (χ0v) is 9.71. The maximum absolute atomic E-state index is 11.0. The van der Waals surface area contributed by atoms with E-state index in [4.69, 9.17) is 9.52 Å². The minimum atomic E-state index is -0.763. The zero-order chi connectivity index (χ0) is 12.9. The van der Waals surface area contributed by atoms with Gasteiger partial charge in [-0.05, 0) is 18.6 Å². The Morgan fingerprint density at radius 1 is 1.56 bits per heavy atom. The molecule has 2 aromatic rings. The van der Waals surface area contributed by atoms with Gasteiger partial charge >= 0.3 is 11.7 Å². The van der Waals surface area contributed by atoms with E-state index in [1.807, 2.05) is 18.0 Å². The summed E-state index contributed by atoms with van der Waals surface area (Å²) in [7, 11) is 1.85. The molecule has 0 spiro atoms. The molecular weight excluding hydrogens is 236 g/mol. The highest BCUT2D eigenvalue weighted by Gasteiger charge is 2.46. The predicted molar refractivity (Wildman–Crippen MR) is 64.8 cm³/mol. The second kappa shape index (κ2) is 3.63. The third-order valence-electron chi connectivity index (χ3n) is 3.38. The van der Waals surface area contributed by atoms with E-state index in [0.29, 0.717) is 17.5 Å². The number of H-pyrrole nitrogens is 1. The van der Waals surface area contributed by atoms with Crippen molar-refractivity contribution in [1.82, 2.24) is 4.98 Å². The molecule has 0 amide bonds. The van der Waals surface area contributed by atoms with Gasteiger partial charge in [0, 0.05) is 24.8 Å². The molecule has 2 unspecified atom stereocenters. The van der Waals surface area contributed by atoms with E-state index in [1.165, 1.54) is 0 Å². The molecule has 6 nitrogen and oxygen atoms in total. The molecule has 6 heteroatoms. The second-order valence-electron chi connectivity index (χ2n) is 4.55. The van der Waals surface area contributed by atoms with E-state index in [-0.39, 0.29) is 12.0 Å². The van der Waals surface area contributed by atoms with E-state index >= 15 is 0 Å². The fourth-order valence-corrected chi connectivity index (χ4v) is 2.22. The van der Waals surface area contributed by atoms with Crippen LogP contribution in [0.4, 0.5) is 5.69 Å². The summed E-state index contributed by atoms with van der Waals surface area (Å²) in [6.07, 6.45) is 0.654. The first-order valence-corrected chi connectivity index (χ1v) is 5.65. The van der Waals surface area contributed by atoms with Crippen LogP contribution in [0.3, 0.4) is 0 Å². The summed E-state index contributed by atoms with van der Waals surface area (Å²) in [5, 5.41) is 8.90. The number of nitrogens with one attached hydrogen (secondary N) is 1. The maximum atomic E-state index is 11.0. The first kappa shape index (κ1) is 10.9. The molecule has 0 saturated heterocycles. The molecule has 1 aromatic carbocycles. The molecule has 1 aliphatic carbocycles. The average Bonchev–Trinajstić information content (AvgIpc) is 3.03. The van der Waals surface area contributed by atoms with Crippen LogP contribution in [-0.2, 0) is 4.79 Å². The van der Waals surface area contributed by atoms with Crippen LogP contribution in [0.1, 0.15) is 6.42 Å². The normalized spacial score (nSPS) is 22.1. The fraction of sp³-hybridized carbons (Fsp3) is 0.333. The van der Waals surface area contributed by atoms with E-state index in [2.05, 4.69) is 4.98 Å². The molecule has 0 radical (unpaired) electrons. The Kier molecular flexibility index (Phi) is 2.19. The number of hydrogen-bond acceptors (Lipinski definition) is 4. The van der Waals surface area contributed by atoms with Crippen molar-refractivity contribution in [3.05, 3.63) is 28.7 Å². The number of aromatic amines is 1. The third kappa shape index (κ3) is 1.66. The SMILES string of the molecule is CN(c1ccc2[nH]c(=O)oc2c1)C1CC1C(=O)O. The van der Waals surface area contributed by atoms with Gasteiger partial charge in [0.25, 0.3) is 0 Å². The smallest absolute Gasteiger partial charge is 0.417 e. The lowest BCUT2D eigenvalue weighted by Gasteiger charge is -2.18. The van der Waals surface area contributed by atoms with Crippen molar-refractivity contribution < 1.29 is 14.3 Å². The summed E-state index contributed by atoms with van der Waals surface area (Å²) in [6.45, 7) is 0. The molecule has 18 heavy (non-hydrogen) atoms. The highest BCUT2D eigenvalue weighted by molar-refractivity contribution is 5.79. The second-order valence-corrected chi connectivity index (χ2v) is 4.55. The van der Waals surface area contributed by atoms with Gasteiger partial charge in [0.1, 0.15) is 0 Å². The summed E-state index contributed by atoms with van der Waals surface area (Å²) in [6, 6.07) is 5.35. The first-order chi connectivity index (χ1) is 8.56. The lowest BCUT2D eigenvalue weighted by Crippen LogP contribution is -2.23. The van der Waals surface area contributed by atoms with Crippen molar-refractivity contribution in [3.63, 3.8) is 0 Å². The number of carboxylic acids is 1. The van der Waals surface area contributed by atoms with Crippen LogP contribution in [0.15, 0.2) is 27.4 Å². The van der Waals surface area contributed by atoms with Crippen LogP contribution in [0, 0.1) is 5.92 Å². The van der Waals surface area contributed by atoms with Crippen LogP contribution < -0.4 is 10.7 Å². The van der Waals surface area contributed by atoms with Crippen molar-refractivity contribution in [2.75, 3.05) is 11.9 Å². The largest absolute Gasteiger partial charge is 0.481 e. The molecule has 94 valence electrons. The van der Waals surface area contributed by atoms with Crippen LogP contribution in [0.2, 0.25) is 0 Å². The summed E-state index contributed by atoms with van der Waals surface area (Å²) in [5.74, 6) is -1.55. The Bertz CT molecular complexity index is 672. The Morgan fingerprint density at radius 2 is 2.33 bits per heavy atom. The van der Waals surface area contributed by atoms with E-state index in [0.717, 1.165) is 5.69 Å². The number of benzene rings is 1. The summed E-state index contributed by atoms with van der Waals surface area (Å²) in [5.41, 5.74) is 1.97. The van der Waals surface area contributed by atoms with Gasteiger partial charge in [0.05, 0.1) is 11.4 Å². The summed E-state index contributed by atoms with van der Waals surface area (Å²) >= 11 is 0. The molecule has 1 aromatic heterocycles. The molecule has 3 rings (SSSR count). The minimum Gasteiger partial charge on any atom is -0.481 e.